The summed E-state index contributed by atoms with van der Waals surface area (Å²) in [5.41, 5.74) is -0.000976. The molecule has 0 rings (SSSR count). The molecule has 1 unspecified atom stereocenters. The Morgan fingerprint density at radius 3 is 2.21 bits per heavy atom. The van der Waals surface area contributed by atoms with Crippen LogP contribution in [-0.2, 0) is 0 Å². The van der Waals surface area contributed by atoms with Crippen molar-refractivity contribution in [3.8, 4) is 0 Å². The van der Waals surface area contributed by atoms with E-state index in [4.69, 9.17) is 0 Å². The minimum atomic E-state index is -0.228. The second-order valence-electron chi connectivity index (χ2n) is 5.35. The summed E-state index contributed by atoms with van der Waals surface area (Å²) >= 11 is 0. The summed E-state index contributed by atoms with van der Waals surface area (Å²) in [4.78, 5) is 2.23. The maximum atomic E-state index is 9.87. The lowest BCUT2D eigenvalue weighted by Crippen LogP contribution is -2.38. The van der Waals surface area contributed by atoms with Gasteiger partial charge < -0.3 is 10.0 Å². The van der Waals surface area contributed by atoms with Crippen molar-refractivity contribution in [1.82, 2.24) is 4.90 Å². The van der Waals surface area contributed by atoms with Gasteiger partial charge in [-0.25, -0.2) is 0 Å². The smallest absolute Gasteiger partial charge is 0.0715 e. The molecule has 0 saturated carbocycles. The van der Waals surface area contributed by atoms with E-state index in [1.807, 2.05) is 0 Å². The van der Waals surface area contributed by atoms with Crippen molar-refractivity contribution in [2.45, 2.75) is 53.1 Å². The molecule has 2 nitrogen and oxygen atoms in total. The molecule has 1 N–H and O–H groups in total. The lowest BCUT2D eigenvalue weighted by Gasteiger charge is -2.29. The number of likely N-dealkylation sites (N-methyl/N-ethyl adjacent to an activating group) is 1. The van der Waals surface area contributed by atoms with E-state index >= 15 is 0 Å². The molecule has 0 radical (unpaired) electrons. The minimum absolute atomic E-state index is 0.000976. The summed E-state index contributed by atoms with van der Waals surface area (Å²) in [7, 11) is 2.09. The molecule has 0 aliphatic heterocycles. The second kappa shape index (κ2) is 6.41. The van der Waals surface area contributed by atoms with Crippen molar-refractivity contribution in [2.75, 3.05) is 20.1 Å². The van der Waals surface area contributed by atoms with Gasteiger partial charge in [-0.2, -0.15) is 0 Å². The topological polar surface area (TPSA) is 23.5 Å². The highest BCUT2D eigenvalue weighted by Gasteiger charge is 2.22. The molecule has 14 heavy (non-hydrogen) atoms. The van der Waals surface area contributed by atoms with E-state index in [2.05, 4.69) is 39.6 Å². The average molecular weight is 201 g/mol. The average Bonchev–Trinajstić information content (AvgIpc) is 2.03. The van der Waals surface area contributed by atoms with Crippen LogP contribution in [-0.4, -0.2) is 36.2 Å². The largest absolute Gasteiger partial charge is 0.391 e. The fourth-order valence-electron chi connectivity index (χ4n) is 1.29. The molecule has 0 aromatic rings. The van der Waals surface area contributed by atoms with Crippen molar-refractivity contribution in [3.05, 3.63) is 0 Å². The van der Waals surface area contributed by atoms with E-state index in [-0.39, 0.29) is 11.5 Å². The number of aliphatic hydroxyl groups excluding tert-OH is 1. The van der Waals surface area contributed by atoms with Crippen molar-refractivity contribution < 1.29 is 5.11 Å². The molecule has 1 atom stereocenters. The van der Waals surface area contributed by atoms with Crippen LogP contribution in [0.2, 0.25) is 0 Å². The van der Waals surface area contributed by atoms with Crippen LogP contribution in [0.15, 0.2) is 0 Å². The Labute approximate surface area is 89.3 Å². The molecule has 0 aliphatic carbocycles. The van der Waals surface area contributed by atoms with Crippen LogP contribution >= 0.6 is 0 Å². The number of hydrogen-bond acceptors (Lipinski definition) is 2. The van der Waals surface area contributed by atoms with Crippen LogP contribution in [0, 0.1) is 5.41 Å². The van der Waals surface area contributed by atoms with Crippen molar-refractivity contribution in [1.29, 1.82) is 0 Å². The van der Waals surface area contributed by atoms with E-state index in [1.165, 1.54) is 19.3 Å². The number of rotatable bonds is 6. The van der Waals surface area contributed by atoms with Gasteiger partial charge >= 0.3 is 0 Å². The van der Waals surface area contributed by atoms with E-state index in [0.717, 1.165) is 13.1 Å². The van der Waals surface area contributed by atoms with Crippen LogP contribution < -0.4 is 0 Å². The van der Waals surface area contributed by atoms with Gasteiger partial charge in [0.15, 0.2) is 0 Å². The van der Waals surface area contributed by atoms with Crippen LogP contribution in [0.3, 0.4) is 0 Å². The third-order valence-corrected chi connectivity index (χ3v) is 2.63. The van der Waals surface area contributed by atoms with Crippen molar-refractivity contribution in [3.63, 3.8) is 0 Å². The number of aliphatic hydroxyl groups is 1. The van der Waals surface area contributed by atoms with Crippen molar-refractivity contribution >= 4 is 0 Å². The summed E-state index contributed by atoms with van der Waals surface area (Å²) in [6.45, 7) is 10.3. The molecule has 0 fully saturated rings. The van der Waals surface area contributed by atoms with Gasteiger partial charge in [-0.05, 0) is 25.4 Å². The van der Waals surface area contributed by atoms with E-state index in [1.54, 1.807) is 0 Å². The molecule has 0 spiro atoms. The molecule has 0 saturated heterocycles. The zero-order valence-electron chi connectivity index (χ0n) is 10.5. The summed E-state index contributed by atoms with van der Waals surface area (Å²) in [5, 5.41) is 9.87. The Kier molecular flexibility index (Phi) is 6.38. The van der Waals surface area contributed by atoms with Crippen LogP contribution in [0.4, 0.5) is 0 Å². The normalized spacial score (nSPS) is 14.8. The first-order valence-electron chi connectivity index (χ1n) is 5.74. The fourth-order valence-corrected chi connectivity index (χ4v) is 1.29. The molecule has 86 valence electrons. The SMILES string of the molecule is CCCCCN(C)CC(O)C(C)(C)C. The fraction of sp³-hybridized carbons (Fsp3) is 1.00. The minimum Gasteiger partial charge on any atom is -0.391 e. The third-order valence-electron chi connectivity index (χ3n) is 2.63. The van der Waals surface area contributed by atoms with Gasteiger partial charge in [-0.15, -0.1) is 0 Å². The summed E-state index contributed by atoms with van der Waals surface area (Å²) in [6.07, 6.45) is 3.56. The quantitative estimate of drug-likeness (QED) is 0.668. The zero-order valence-corrected chi connectivity index (χ0v) is 10.5. The lowest BCUT2D eigenvalue weighted by molar-refractivity contribution is 0.0348. The van der Waals surface area contributed by atoms with Gasteiger partial charge in [0.25, 0.3) is 0 Å². The van der Waals surface area contributed by atoms with Gasteiger partial charge in [0.2, 0.25) is 0 Å². The summed E-state index contributed by atoms with van der Waals surface area (Å²) in [5.74, 6) is 0. The van der Waals surface area contributed by atoms with Gasteiger partial charge in [0.1, 0.15) is 0 Å². The lowest BCUT2D eigenvalue weighted by atomic mass is 9.89. The molecular formula is C12H27NO. The molecule has 2 heteroatoms. The molecule has 0 aromatic heterocycles. The molecular weight excluding hydrogens is 174 g/mol. The first kappa shape index (κ1) is 13.9. The Morgan fingerprint density at radius 2 is 1.79 bits per heavy atom. The Morgan fingerprint density at radius 1 is 1.21 bits per heavy atom. The molecule has 0 amide bonds. The van der Waals surface area contributed by atoms with E-state index < -0.39 is 0 Å². The predicted octanol–water partition coefficient (Wildman–Crippen LogP) is 2.52. The van der Waals surface area contributed by atoms with Crippen LogP contribution in [0.5, 0.6) is 0 Å². The van der Waals surface area contributed by atoms with Gasteiger partial charge in [-0.3, -0.25) is 0 Å². The van der Waals surface area contributed by atoms with Crippen molar-refractivity contribution in [2.24, 2.45) is 5.41 Å². The Balaban J connectivity index is 3.66. The molecule has 0 aromatic carbocycles. The first-order chi connectivity index (χ1) is 6.38. The maximum absolute atomic E-state index is 9.87. The highest BCUT2D eigenvalue weighted by atomic mass is 16.3. The van der Waals surface area contributed by atoms with Gasteiger partial charge in [0.05, 0.1) is 6.10 Å². The molecule has 0 heterocycles. The van der Waals surface area contributed by atoms with Gasteiger partial charge in [-0.1, -0.05) is 40.5 Å². The predicted molar refractivity (Wildman–Crippen MR) is 62.5 cm³/mol. The van der Waals surface area contributed by atoms with E-state index in [9.17, 15) is 5.11 Å². The summed E-state index contributed by atoms with van der Waals surface area (Å²) in [6, 6.07) is 0. The second-order valence-corrected chi connectivity index (χ2v) is 5.35. The standard InChI is InChI=1S/C12H27NO/c1-6-7-8-9-13(5)10-11(14)12(2,3)4/h11,14H,6-10H2,1-5H3. The molecule has 0 aliphatic rings. The zero-order chi connectivity index (χ0) is 11.2. The number of unbranched alkanes of at least 4 members (excludes halogenated alkanes) is 2. The van der Waals surface area contributed by atoms with Crippen LogP contribution in [0.25, 0.3) is 0 Å². The Hall–Kier alpha value is -0.0800. The highest BCUT2D eigenvalue weighted by molar-refractivity contribution is 4.75. The number of hydrogen-bond donors (Lipinski definition) is 1. The molecule has 0 bridgehead atoms. The summed E-state index contributed by atoms with van der Waals surface area (Å²) < 4.78 is 0. The monoisotopic (exact) mass is 201 g/mol. The third kappa shape index (κ3) is 6.39. The van der Waals surface area contributed by atoms with Crippen LogP contribution in [0.1, 0.15) is 47.0 Å². The van der Waals surface area contributed by atoms with Gasteiger partial charge in [0, 0.05) is 6.54 Å². The number of nitrogens with zero attached hydrogens (tertiary/aromatic N) is 1. The van der Waals surface area contributed by atoms with E-state index in [0.29, 0.717) is 0 Å². The Bertz CT molecular complexity index is 140. The highest BCUT2D eigenvalue weighted by Crippen LogP contribution is 2.19. The first-order valence-corrected chi connectivity index (χ1v) is 5.74. The maximum Gasteiger partial charge on any atom is 0.0715 e.